The lowest BCUT2D eigenvalue weighted by Gasteiger charge is -2.31. The van der Waals surface area contributed by atoms with Gasteiger partial charge in [0.15, 0.2) is 22.7 Å². The minimum Gasteiger partial charge on any atom is -0.493 e. The van der Waals surface area contributed by atoms with Crippen molar-refractivity contribution in [1.29, 1.82) is 0 Å². The van der Waals surface area contributed by atoms with Crippen LogP contribution in [0.25, 0.3) is 11.3 Å². The molecular weight excluding hydrogens is 418 g/mol. The van der Waals surface area contributed by atoms with Gasteiger partial charge in [-0.2, -0.15) is 0 Å². The van der Waals surface area contributed by atoms with Gasteiger partial charge in [0, 0.05) is 44.0 Å². The Kier molecular flexibility index (Phi) is 6.11. The number of Topliss-reactive ketones (excluding diaryl/α,β-unsaturated/α-hetero) is 1. The minimum absolute atomic E-state index is 0.127. The number of hydrogen-bond donors (Lipinski definition) is 0. The molecule has 7 nitrogen and oxygen atoms in total. The zero-order chi connectivity index (χ0) is 22.0. The third-order valence-corrected chi connectivity index (χ3v) is 5.93. The van der Waals surface area contributed by atoms with Gasteiger partial charge in [0.2, 0.25) is 6.23 Å². The third kappa shape index (κ3) is 4.08. The number of aromatic nitrogens is 1. The maximum atomic E-state index is 12.6. The Morgan fingerprint density at radius 3 is 2.71 bits per heavy atom. The maximum Gasteiger partial charge on any atom is 0.211 e. The Morgan fingerprint density at radius 1 is 1.19 bits per heavy atom. The number of carbonyl (C=O) groups excluding carboxylic acids is 1. The number of nitrogens with zero attached hydrogens (tertiary/aromatic N) is 1. The molecule has 1 aliphatic rings. The highest BCUT2D eigenvalue weighted by atomic mass is 32.1. The number of methoxy groups -OCH3 is 2. The highest BCUT2D eigenvalue weighted by Gasteiger charge is 2.30. The Balaban J connectivity index is 1.84. The van der Waals surface area contributed by atoms with Gasteiger partial charge in [0.25, 0.3) is 0 Å². The fourth-order valence-electron chi connectivity index (χ4n) is 3.52. The summed E-state index contributed by atoms with van der Waals surface area (Å²) in [7, 11) is 3.21. The number of carbonyl (C=O) groups is 1. The van der Waals surface area contributed by atoms with Gasteiger partial charge < -0.3 is 23.5 Å². The number of hydrogen-bond acceptors (Lipinski definition) is 7. The molecule has 1 aliphatic heterocycles. The Hall–Kier alpha value is -3.10. The van der Waals surface area contributed by atoms with E-state index in [1.165, 1.54) is 24.3 Å². The van der Waals surface area contributed by atoms with Crippen molar-refractivity contribution in [1.82, 2.24) is 4.57 Å². The standard InChI is InChI=1S/C23H23NO6S/c1-14(25)16-13-24-17(11-18(16)26)15-10-20(28-3)21(29-8-5-7-27-2)12-19(15)30-23(24)22-6-4-9-31-22/h4,6,9-13,23H,5,7-8H2,1-3H3/t23-/m1/s1. The molecule has 0 saturated carbocycles. The van der Waals surface area contributed by atoms with Crippen molar-refractivity contribution in [2.24, 2.45) is 0 Å². The van der Waals surface area contributed by atoms with E-state index in [0.717, 1.165) is 11.3 Å². The first-order valence-electron chi connectivity index (χ1n) is 9.84. The van der Waals surface area contributed by atoms with Gasteiger partial charge >= 0.3 is 0 Å². The quantitative estimate of drug-likeness (QED) is 0.386. The average molecular weight is 442 g/mol. The maximum absolute atomic E-state index is 12.6. The number of fused-ring (bicyclic) bond motifs is 3. The number of ether oxygens (including phenoxy) is 4. The van der Waals surface area contributed by atoms with Gasteiger partial charge in [-0.05, 0) is 24.4 Å². The van der Waals surface area contributed by atoms with Gasteiger partial charge in [-0.15, -0.1) is 11.3 Å². The van der Waals surface area contributed by atoms with Crippen LogP contribution in [0.5, 0.6) is 17.2 Å². The largest absolute Gasteiger partial charge is 0.493 e. The summed E-state index contributed by atoms with van der Waals surface area (Å²) in [6, 6.07) is 8.96. The predicted octanol–water partition coefficient (Wildman–Crippen LogP) is 4.14. The van der Waals surface area contributed by atoms with Gasteiger partial charge in [0.1, 0.15) is 5.75 Å². The van der Waals surface area contributed by atoms with Crippen LogP contribution < -0.4 is 19.6 Å². The first-order chi connectivity index (χ1) is 15.0. The summed E-state index contributed by atoms with van der Waals surface area (Å²) in [6.45, 7) is 2.45. The number of benzene rings is 1. The van der Waals surface area contributed by atoms with Gasteiger partial charge in [-0.3, -0.25) is 9.59 Å². The summed E-state index contributed by atoms with van der Waals surface area (Å²) in [5, 5.41) is 1.96. The van der Waals surface area contributed by atoms with Crippen LogP contribution in [-0.4, -0.2) is 37.8 Å². The number of pyridine rings is 1. The van der Waals surface area contributed by atoms with Crippen molar-refractivity contribution in [3.8, 4) is 28.5 Å². The molecule has 162 valence electrons. The highest BCUT2D eigenvalue weighted by Crippen LogP contribution is 2.46. The summed E-state index contributed by atoms with van der Waals surface area (Å²) in [5.41, 5.74) is 1.15. The van der Waals surface area contributed by atoms with Crippen LogP contribution in [0, 0.1) is 0 Å². The molecule has 0 saturated heterocycles. The fraction of sp³-hybridized carbons (Fsp3) is 0.304. The van der Waals surface area contributed by atoms with E-state index in [0.29, 0.717) is 41.7 Å². The molecule has 0 unspecified atom stereocenters. The summed E-state index contributed by atoms with van der Waals surface area (Å²) in [6.07, 6.45) is 1.81. The van der Waals surface area contributed by atoms with E-state index in [9.17, 15) is 9.59 Å². The molecule has 31 heavy (non-hydrogen) atoms. The first-order valence-corrected chi connectivity index (χ1v) is 10.7. The van der Waals surface area contributed by atoms with Crippen LogP contribution >= 0.6 is 11.3 Å². The second-order valence-electron chi connectivity index (χ2n) is 7.08. The van der Waals surface area contributed by atoms with E-state index >= 15 is 0 Å². The summed E-state index contributed by atoms with van der Waals surface area (Å²) < 4.78 is 24.6. The zero-order valence-corrected chi connectivity index (χ0v) is 18.4. The molecule has 0 N–H and O–H groups in total. The SMILES string of the molecule is COCCCOc1cc2c(cc1OC)-c1cc(=O)c(C(C)=O)cn1[C@@H](c1cccs1)O2. The van der Waals surface area contributed by atoms with E-state index in [2.05, 4.69) is 0 Å². The average Bonchev–Trinajstić information content (AvgIpc) is 3.29. The molecule has 1 aromatic carbocycles. The van der Waals surface area contributed by atoms with Gasteiger partial charge in [-0.1, -0.05) is 6.07 Å². The van der Waals surface area contributed by atoms with Crippen molar-refractivity contribution in [3.63, 3.8) is 0 Å². The van der Waals surface area contributed by atoms with Crippen molar-refractivity contribution in [2.75, 3.05) is 27.4 Å². The van der Waals surface area contributed by atoms with Crippen LogP contribution in [0.15, 0.2) is 46.7 Å². The molecular formula is C23H23NO6S. The molecule has 0 fully saturated rings. The molecule has 4 rings (SSSR count). The Labute approximate surface area is 183 Å². The summed E-state index contributed by atoms with van der Waals surface area (Å²) >= 11 is 1.54. The fourth-order valence-corrected chi connectivity index (χ4v) is 4.27. The lowest BCUT2D eigenvalue weighted by atomic mass is 10.0. The van der Waals surface area contributed by atoms with E-state index in [-0.39, 0.29) is 16.8 Å². The van der Waals surface area contributed by atoms with Crippen LogP contribution in [-0.2, 0) is 4.74 Å². The molecule has 3 aromatic rings. The second-order valence-corrected chi connectivity index (χ2v) is 8.06. The number of thiophene rings is 1. The van der Waals surface area contributed by atoms with Crippen molar-refractivity contribution < 1.29 is 23.7 Å². The molecule has 1 atom stereocenters. The molecule has 0 aliphatic carbocycles. The molecule has 8 heteroatoms. The monoisotopic (exact) mass is 441 g/mol. The van der Waals surface area contributed by atoms with Gasteiger partial charge in [-0.25, -0.2) is 0 Å². The lowest BCUT2D eigenvalue weighted by molar-refractivity contribution is 0.101. The lowest BCUT2D eigenvalue weighted by Crippen LogP contribution is -2.27. The number of ketones is 1. The Morgan fingerprint density at radius 2 is 2.03 bits per heavy atom. The summed E-state index contributed by atoms with van der Waals surface area (Å²) in [5.74, 6) is 1.38. The highest BCUT2D eigenvalue weighted by molar-refractivity contribution is 7.10. The van der Waals surface area contributed by atoms with Crippen molar-refractivity contribution in [3.05, 3.63) is 62.6 Å². The molecule has 2 aromatic heterocycles. The normalized spacial score (nSPS) is 14.4. The van der Waals surface area contributed by atoms with E-state index in [4.69, 9.17) is 18.9 Å². The van der Waals surface area contributed by atoms with Crippen LogP contribution in [0.1, 0.15) is 34.8 Å². The molecule has 3 heterocycles. The van der Waals surface area contributed by atoms with Crippen LogP contribution in [0.2, 0.25) is 0 Å². The second kappa shape index (κ2) is 8.95. The van der Waals surface area contributed by atoms with Crippen molar-refractivity contribution in [2.45, 2.75) is 19.6 Å². The van der Waals surface area contributed by atoms with Crippen LogP contribution in [0.3, 0.4) is 0 Å². The third-order valence-electron chi connectivity index (χ3n) is 5.03. The molecule has 0 bridgehead atoms. The van der Waals surface area contributed by atoms with E-state index < -0.39 is 6.23 Å². The molecule has 0 amide bonds. The first kappa shape index (κ1) is 21.1. The topological polar surface area (TPSA) is 76.0 Å². The predicted molar refractivity (Wildman–Crippen MR) is 118 cm³/mol. The Bertz CT molecular complexity index is 1150. The van der Waals surface area contributed by atoms with E-state index in [1.54, 1.807) is 32.5 Å². The minimum atomic E-state index is -0.504. The van der Waals surface area contributed by atoms with Gasteiger partial charge in [0.05, 0.1) is 29.9 Å². The smallest absolute Gasteiger partial charge is 0.211 e. The summed E-state index contributed by atoms with van der Waals surface area (Å²) in [4.78, 5) is 25.6. The zero-order valence-electron chi connectivity index (χ0n) is 17.5. The number of rotatable bonds is 8. The molecule has 0 radical (unpaired) electrons. The van der Waals surface area contributed by atoms with E-state index in [1.807, 2.05) is 22.1 Å². The molecule has 0 spiro atoms. The van der Waals surface area contributed by atoms with Crippen LogP contribution in [0.4, 0.5) is 0 Å². The van der Waals surface area contributed by atoms with Crippen molar-refractivity contribution >= 4 is 17.1 Å².